The molecule has 0 aromatic heterocycles. The minimum absolute atomic E-state index is 0.0154. The summed E-state index contributed by atoms with van der Waals surface area (Å²) in [5.41, 5.74) is 2.92. The maximum absolute atomic E-state index is 12.5. The molecular formula is C16H19NO2. The molecule has 1 aromatic carbocycles. The molecule has 3 heteroatoms. The van der Waals surface area contributed by atoms with Gasteiger partial charge in [0, 0.05) is 0 Å². The number of anilines is 1. The first-order valence-corrected chi connectivity index (χ1v) is 7.04. The fraction of sp³-hybridized carbons (Fsp3) is 0.500. The molecule has 0 spiro atoms. The maximum Gasteiger partial charge on any atom is 0.237 e. The molecule has 0 N–H and O–H groups in total. The standard InChI is InChI=1S/C16H19NO2/c1-10-7-8-14(11(2)9-10)17-15(18)12-5-3-4-6-13(12)16(17)19/h7-9,12-13H,3-6H2,1-2H3/t12-,13+. The molecule has 100 valence electrons. The zero-order valence-electron chi connectivity index (χ0n) is 11.5. The van der Waals surface area contributed by atoms with Gasteiger partial charge in [-0.15, -0.1) is 0 Å². The van der Waals surface area contributed by atoms with E-state index in [1.54, 1.807) is 0 Å². The van der Waals surface area contributed by atoms with Gasteiger partial charge < -0.3 is 0 Å². The second-order valence-electron chi connectivity index (χ2n) is 5.80. The van der Waals surface area contributed by atoms with Crippen LogP contribution < -0.4 is 4.90 Å². The van der Waals surface area contributed by atoms with Gasteiger partial charge in [-0.2, -0.15) is 0 Å². The first kappa shape index (κ1) is 12.4. The molecule has 2 fully saturated rings. The molecule has 1 saturated heterocycles. The summed E-state index contributed by atoms with van der Waals surface area (Å²) in [6.07, 6.45) is 3.88. The van der Waals surface area contributed by atoms with Gasteiger partial charge in [0.25, 0.3) is 0 Å². The highest BCUT2D eigenvalue weighted by atomic mass is 16.2. The normalized spacial score (nSPS) is 26.7. The molecule has 2 amide bonds. The topological polar surface area (TPSA) is 37.4 Å². The highest BCUT2D eigenvalue weighted by molar-refractivity contribution is 6.22. The molecule has 19 heavy (non-hydrogen) atoms. The van der Waals surface area contributed by atoms with Crippen LogP contribution in [-0.4, -0.2) is 11.8 Å². The van der Waals surface area contributed by atoms with Crippen LogP contribution >= 0.6 is 0 Å². The average molecular weight is 257 g/mol. The quantitative estimate of drug-likeness (QED) is 0.725. The van der Waals surface area contributed by atoms with Crippen molar-refractivity contribution in [1.82, 2.24) is 0 Å². The summed E-state index contributed by atoms with van der Waals surface area (Å²) < 4.78 is 0. The van der Waals surface area contributed by atoms with E-state index in [1.807, 2.05) is 32.0 Å². The zero-order chi connectivity index (χ0) is 13.6. The molecule has 0 bridgehead atoms. The van der Waals surface area contributed by atoms with Crippen LogP contribution in [0.15, 0.2) is 18.2 Å². The Bertz CT molecular complexity index is 526. The molecule has 2 atom stereocenters. The molecule has 1 aromatic rings. The van der Waals surface area contributed by atoms with Crippen LogP contribution in [0.2, 0.25) is 0 Å². The van der Waals surface area contributed by atoms with Crippen LogP contribution in [0.1, 0.15) is 36.8 Å². The molecular weight excluding hydrogens is 238 g/mol. The number of nitrogens with zero attached hydrogens (tertiary/aromatic N) is 1. The summed E-state index contributed by atoms with van der Waals surface area (Å²) in [6.45, 7) is 3.98. The highest BCUT2D eigenvalue weighted by Gasteiger charge is 2.48. The summed E-state index contributed by atoms with van der Waals surface area (Å²) >= 11 is 0. The Balaban J connectivity index is 2.00. The van der Waals surface area contributed by atoms with Crippen LogP contribution in [-0.2, 0) is 9.59 Å². The Labute approximate surface area is 113 Å². The number of hydrogen-bond donors (Lipinski definition) is 0. The van der Waals surface area contributed by atoms with Crippen LogP contribution in [0.4, 0.5) is 5.69 Å². The second-order valence-corrected chi connectivity index (χ2v) is 5.80. The first-order valence-electron chi connectivity index (χ1n) is 7.04. The molecule has 2 aliphatic rings. The third-order valence-electron chi connectivity index (χ3n) is 4.43. The largest absolute Gasteiger partial charge is 0.274 e. The summed E-state index contributed by atoms with van der Waals surface area (Å²) in [5, 5.41) is 0. The Hall–Kier alpha value is -1.64. The number of fused-ring (bicyclic) bond motifs is 1. The monoisotopic (exact) mass is 257 g/mol. The molecule has 0 unspecified atom stereocenters. The third-order valence-corrected chi connectivity index (χ3v) is 4.43. The van der Waals surface area contributed by atoms with Gasteiger partial charge in [-0.1, -0.05) is 30.5 Å². The molecule has 3 rings (SSSR count). The third kappa shape index (κ3) is 1.88. The summed E-state index contributed by atoms with van der Waals surface area (Å²) in [4.78, 5) is 26.4. The lowest BCUT2D eigenvalue weighted by molar-refractivity contribution is -0.122. The van der Waals surface area contributed by atoms with E-state index in [-0.39, 0.29) is 23.7 Å². The van der Waals surface area contributed by atoms with Crippen molar-refractivity contribution in [3.63, 3.8) is 0 Å². The van der Waals surface area contributed by atoms with Gasteiger partial charge in [0.2, 0.25) is 11.8 Å². The SMILES string of the molecule is Cc1ccc(N2C(=O)[C@H]3CCCC[C@H]3C2=O)c(C)c1. The van der Waals surface area contributed by atoms with Crippen molar-refractivity contribution in [2.45, 2.75) is 39.5 Å². The molecule has 1 saturated carbocycles. The Morgan fingerprint density at radius 1 is 1.00 bits per heavy atom. The number of amides is 2. The number of imide groups is 1. The van der Waals surface area contributed by atoms with Gasteiger partial charge in [0.15, 0.2) is 0 Å². The molecule has 3 nitrogen and oxygen atoms in total. The van der Waals surface area contributed by atoms with Gasteiger partial charge in [-0.05, 0) is 38.3 Å². The van der Waals surface area contributed by atoms with E-state index in [0.29, 0.717) is 0 Å². The lowest BCUT2D eigenvalue weighted by Crippen LogP contribution is -2.31. The Kier molecular flexibility index (Phi) is 2.92. The number of aryl methyl sites for hydroxylation is 2. The minimum atomic E-state index is -0.0676. The smallest absolute Gasteiger partial charge is 0.237 e. The second kappa shape index (κ2) is 4.48. The van der Waals surface area contributed by atoms with E-state index in [4.69, 9.17) is 0 Å². The van der Waals surface area contributed by atoms with Crippen molar-refractivity contribution < 1.29 is 9.59 Å². The Morgan fingerprint density at radius 3 is 2.11 bits per heavy atom. The average Bonchev–Trinajstić information content (AvgIpc) is 2.64. The predicted octanol–water partition coefficient (Wildman–Crippen LogP) is 2.98. The van der Waals surface area contributed by atoms with Crippen LogP contribution in [0.25, 0.3) is 0 Å². The fourth-order valence-corrected chi connectivity index (χ4v) is 3.46. The van der Waals surface area contributed by atoms with Gasteiger partial charge in [-0.3, -0.25) is 9.59 Å². The number of hydrogen-bond acceptors (Lipinski definition) is 2. The zero-order valence-corrected chi connectivity index (χ0v) is 11.5. The van der Waals surface area contributed by atoms with Gasteiger partial charge in [-0.25, -0.2) is 4.90 Å². The number of rotatable bonds is 1. The van der Waals surface area contributed by atoms with E-state index < -0.39 is 0 Å². The van der Waals surface area contributed by atoms with E-state index in [2.05, 4.69) is 0 Å². The van der Waals surface area contributed by atoms with E-state index in [9.17, 15) is 9.59 Å². The van der Waals surface area contributed by atoms with Crippen LogP contribution in [0.5, 0.6) is 0 Å². The van der Waals surface area contributed by atoms with Gasteiger partial charge in [0.05, 0.1) is 17.5 Å². The molecule has 1 aliphatic heterocycles. The fourth-order valence-electron chi connectivity index (χ4n) is 3.46. The summed E-state index contributed by atoms with van der Waals surface area (Å²) in [7, 11) is 0. The number of carbonyl (C=O) groups is 2. The van der Waals surface area contributed by atoms with Gasteiger partial charge in [0.1, 0.15) is 0 Å². The molecule has 1 heterocycles. The summed E-state index contributed by atoms with van der Waals surface area (Å²) in [6, 6.07) is 5.89. The van der Waals surface area contributed by atoms with Crippen LogP contribution in [0, 0.1) is 25.7 Å². The minimum Gasteiger partial charge on any atom is -0.274 e. The number of benzene rings is 1. The lowest BCUT2D eigenvalue weighted by atomic mass is 9.81. The number of carbonyl (C=O) groups excluding carboxylic acids is 2. The first-order chi connectivity index (χ1) is 9.09. The van der Waals surface area contributed by atoms with Crippen molar-refractivity contribution in [1.29, 1.82) is 0 Å². The van der Waals surface area contributed by atoms with E-state index in [0.717, 1.165) is 42.5 Å². The molecule has 1 aliphatic carbocycles. The lowest BCUT2D eigenvalue weighted by Gasteiger charge is -2.19. The predicted molar refractivity (Wildman–Crippen MR) is 73.9 cm³/mol. The van der Waals surface area contributed by atoms with Crippen molar-refractivity contribution in [3.8, 4) is 0 Å². The Morgan fingerprint density at radius 2 is 1.58 bits per heavy atom. The summed E-state index contributed by atoms with van der Waals surface area (Å²) in [5.74, 6) is -0.104. The van der Waals surface area contributed by atoms with Crippen molar-refractivity contribution in [2.75, 3.05) is 4.90 Å². The van der Waals surface area contributed by atoms with E-state index in [1.165, 1.54) is 4.90 Å². The highest BCUT2D eigenvalue weighted by Crippen LogP contribution is 2.40. The maximum atomic E-state index is 12.5. The van der Waals surface area contributed by atoms with Crippen LogP contribution in [0.3, 0.4) is 0 Å². The van der Waals surface area contributed by atoms with E-state index >= 15 is 0 Å². The van der Waals surface area contributed by atoms with Crippen molar-refractivity contribution in [3.05, 3.63) is 29.3 Å². The van der Waals surface area contributed by atoms with Crippen molar-refractivity contribution >= 4 is 17.5 Å². The van der Waals surface area contributed by atoms with Gasteiger partial charge >= 0.3 is 0 Å². The molecule has 0 radical (unpaired) electrons. The van der Waals surface area contributed by atoms with Crippen molar-refractivity contribution in [2.24, 2.45) is 11.8 Å².